The third-order valence-corrected chi connectivity index (χ3v) is 4.51. The van der Waals surface area contributed by atoms with Gasteiger partial charge in [0.05, 0.1) is 11.8 Å². The first-order valence-corrected chi connectivity index (χ1v) is 7.90. The van der Waals surface area contributed by atoms with Crippen molar-refractivity contribution < 1.29 is 19.8 Å². The Kier molecular flexibility index (Phi) is 7.23. The first-order chi connectivity index (χ1) is 9.06. The average molecular weight is 289 g/mol. The van der Waals surface area contributed by atoms with Crippen LogP contribution in [0, 0.1) is 17.8 Å². The number of nitrogens with one attached hydrogen (secondary N) is 1. The van der Waals surface area contributed by atoms with Crippen LogP contribution in [0.1, 0.15) is 26.2 Å². The Morgan fingerprint density at radius 1 is 1.26 bits per heavy atom. The predicted molar refractivity (Wildman–Crippen MR) is 75.1 cm³/mol. The monoisotopic (exact) mass is 289 g/mol. The van der Waals surface area contributed by atoms with E-state index in [1.54, 1.807) is 11.8 Å². The Hall–Kier alpha value is -0.750. The first-order valence-electron chi connectivity index (χ1n) is 6.75. The van der Waals surface area contributed by atoms with Crippen molar-refractivity contribution in [3.63, 3.8) is 0 Å². The molecule has 1 saturated carbocycles. The maximum absolute atomic E-state index is 12.0. The van der Waals surface area contributed by atoms with E-state index in [4.69, 9.17) is 10.2 Å². The van der Waals surface area contributed by atoms with Crippen molar-refractivity contribution >= 4 is 23.6 Å². The lowest BCUT2D eigenvalue weighted by atomic mass is 9.95. The van der Waals surface area contributed by atoms with Gasteiger partial charge in [-0.2, -0.15) is 11.8 Å². The minimum absolute atomic E-state index is 0.125. The van der Waals surface area contributed by atoms with Gasteiger partial charge in [-0.05, 0) is 30.9 Å². The van der Waals surface area contributed by atoms with E-state index >= 15 is 0 Å². The summed E-state index contributed by atoms with van der Waals surface area (Å²) in [6.45, 7) is 2.75. The molecule has 0 heterocycles. The van der Waals surface area contributed by atoms with E-state index in [1.807, 2.05) is 6.92 Å². The Morgan fingerprint density at radius 3 is 2.58 bits per heavy atom. The van der Waals surface area contributed by atoms with Gasteiger partial charge in [0, 0.05) is 18.9 Å². The molecule has 1 aliphatic rings. The van der Waals surface area contributed by atoms with E-state index in [-0.39, 0.29) is 18.4 Å². The lowest BCUT2D eigenvalue weighted by Crippen LogP contribution is -2.36. The van der Waals surface area contributed by atoms with Gasteiger partial charge in [-0.3, -0.25) is 9.59 Å². The number of aliphatic hydroxyl groups excluding tert-OH is 1. The fourth-order valence-corrected chi connectivity index (χ4v) is 3.28. The molecule has 5 nitrogen and oxygen atoms in total. The van der Waals surface area contributed by atoms with Crippen LogP contribution in [0.2, 0.25) is 0 Å². The number of carboxylic acid groups (broad SMARTS) is 1. The van der Waals surface area contributed by atoms with Gasteiger partial charge in [0.1, 0.15) is 0 Å². The zero-order valence-electron chi connectivity index (χ0n) is 11.3. The highest BCUT2D eigenvalue weighted by molar-refractivity contribution is 7.99. The van der Waals surface area contributed by atoms with Gasteiger partial charge in [-0.1, -0.05) is 6.92 Å². The summed E-state index contributed by atoms with van der Waals surface area (Å²) in [5.41, 5.74) is 0. The molecule has 6 heteroatoms. The lowest BCUT2D eigenvalue weighted by Gasteiger charge is -2.15. The lowest BCUT2D eigenvalue weighted by molar-refractivity contribution is -0.146. The van der Waals surface area contributed by atoms with Crippen molar-refractivity contribution in [3.8, 4) is 0 Å². The summed E-state index contributed by atoms with van der Waals surface area (Å²) in [7, 11) is 0. The molecule has 1 rings (SSSR count). The number of carbonyl (C=O) groups is 2. The molecule has 0 radical (unpaired) electrons. The second kappa shape index (κ2) is 8.43. The highest BCUT2D eigenvalue weighted by Gasteiger charge is 2.40. The van der Waals surface area contributed by atoms with Crippen molar-refractivity contribution in [2.45, 2.75) is 26.2 Å². The van der Waals surface area contributed by atoms with E-state index in [9.17, 15) is 9.59 Å². The number of hydrogen-bond acceptors (Lipinski definition) is 4. The molecule has 110 valence electrons. The molecule has 0 bridgehead atoms. The molecule has 0 aliphatic heterocycles. The van der Waals surface area contributed by atoms with Crippen molar-refractivity contribution in [1.82, 2.24) is 5.32 Å². The molecule has 1 fully saturated rings. The highest BCUT2D eigenvalue weighted by Crippen LogP contribution is 2.36. The zero-order valence-corrected chi connectivity index (χ0v) is 12.1. The van der Waals surface area contributed by atoms with Gasteiger partial charge in [-0.25, -0.2) is 0 Å². The number of rotatable bonds is 8. The maximum atomic E-state index is 12.0. The predicted octanol–water partition coefficient (Wildman–Crippen LogP) is 0.965. The molecule has 0 aromatic rings. The number of carbonyl (C=O) groups excluding carboxylic acids is 1. The Bertz CT molecular complexity index is 311. The van der Waals surface area contributed by atoms with Gasteiger partial charge in [-0.15, -0.1) is 0 Å². The fraction of sp³-hybridized carbons (Fsp3) is 0.846. The summed E-state index contributed by atoms with van der Waals surface area (Å²) in [6.07, 6.45) is 2.03. The van der Waals surface area contributed by atoms with Crippen LogP contribution in [0.25, 0.3) is 0 Å². The van der Waals surface area contributed by atoms with E-state index in [0.717, 1.165) is 17.9 Å². The SMILES string of the molecule is CC1C[C@H](C(=O)NCCSCCCO)[C@H](C(=O)O)C1. The van der Waals surface area contributed by atoms with Gasteiger partial charge in [0.15, 0.2) is 0 Å². The molecule has 19 heavy (non-hydrogen) atoms. The fourth-order valence-electron chi connectivity index (χ4n) is 2.50. The zero-order chi connectivity index (χ0) is 14.3. The molecule has 0 spiro atoms. The number of hydrogen-bond donors (Lipinski definition) is 3. The minimum atomic E-state index is -0.859. The molecule has 0 aromatic heterocycles. The molecule has 3 atom stereocenters. The smallest absolute Gasteiger partial charge is 0.307 e. The van der Waals surface area contributed by atoms with Gasteiger partial charge in [0.25, 0.3) is 0 Å². The summed E-state index contributed by atoms with van der Waals surface area (Å²) >= 11 is 1.68. The molecule has 0 aromatic carbocycles. The van der Waals surface area contributed by atoms with Crippen molar-refractivity contribution in [2.75, 3.05) is 24.7 Å². The number of aliphatic hydroxyl groups is 1. The Balaban J connectivity index is 2.26. The molecular weight excluding hydrogens is 266 g/mol. The van der Waals surface area contributed by atoms with Gasteiger partial charge in [0.2, 0.25) is 5.91 Å². The normalized spacial score (nSPS) is 26.3. The summed E-state index contributed by atoms with van der Waals surface area (Å²) < 4.78 is 0. The summed E-state index contributed by atoms with van der Waals surface area (Å²) in [5.74, 6) is 0.0835. The molecule has 1 aliphatic carbocycles. The van der Waals surface area contributed by atoms with Crippen LogP contribution in [0.3, 0.4) is 0 Å². The third kappa shape index (κ3) is 5.40. The largest absolute Gasteiger partial charge is 0.481 e. The van der Waals surface area contributed by atoms with Crippen molar-refractivity contribution in [3.05, 3.63) is 0 Å². The molecule has 1 unspecified atom stereocenters. The molecule has 1 amide bonds. The van der Waals surface area contributed by atoms with E-state index < -0.39 is 11.9 Å². The summed E-state index contributed by atoms with van der Waals surface area (Å²) in [4.78, 5) is 23.1. The van der Waals surface area contributed by atoms with Crippen LogP contribution in [-0.2, 0) is 9.59 Å². The first kappa shape index (κ1) is 16.3. The second-order valence-corrected chi connectivity index (χ2v) is 6.33. The van der Waals surface area contributed by atoms with Crippen LogP contribution >= 0.6 is 11.8 Å². The van der Waals surface area contributed by atoms with Crippen molar-refractivity contribution in [1.29, 1.82) is 0 Å². The van der Waals surface area contributed by atoms with Crippen LogP contribution in [0.15, 0.2) is 0 Å². The summed E-state index contributed by atoms with van der Waals surface area (Å²) in [5, 5.41) is 20.6. The average Bonchev–Trinajstić information content (AvgIpc) is 2.76. The second-order valence-electron chi connectivity index (χ2n) is 5.11. The van der Waals surface area contributed by atoms with Gasteiger partial charge >= 0.3 is 5.97 Å². The van der Waals surface area contributed by atoms with Crippen molar-refractivity contribution in [2.24, 2.45) is 17.8 Å². The Morgan fingerprint density at radius 2 is 1.95 bits per heavy atom. The Labute approximate surface area is 118 Å². The standard InChI is InChI=1S/C13H23NO4S/c1-9-7-10(11(8-9)13(17)18)12(16)14-3-6-19-5-2-4-15/h9-11,15H,2-8H2,1H3,(H,14,16)(H,17,18)/t9?,10-,11+/m0/s1. The number of amides is 1. The number of thioether (sulfide) groups is 1. The minimum Gasteiger partial charge on any atom is -0.481 e. The maximum Gasteiger partial charge on any atom is 0.307 e. The van der Waals surface area contributed by atoms with E-state index in [2.05, 4.69) is 5.32 Å². The number of carboxylic acids is 1. The topological polar surface area (TPSA) is 86.6 Å². The van der Waals surface area contributed by atoms with Crippen LogP contribution in [0.4, 0.5) is 0 Å². The van der Waals surface area contributed by atoms with Crippen LogP contribution in [0.5, 0.6) is 0 Å². The van der Waals surface area contributed by atoms with E-state index in [0.29, 0.717) is 25.3 Å². The quantitative estimate of drug-likeness (QED) is 0.580. The van der Waals surface area contributed by atoms with Gasteiger partial charge < -0.3 is 15.5 Å². The highest BCUT2D eigenvalue weighted by atomic mass is 32.2. The molecule has 3 N–H and O–H groups in total. The number of aliphatic carboxylic acids is 1. The van der Waals surface area contributed by atoms with Crippen LogP contribution in [-0.4, -0.2) is 46.7 Å². The molecule has 0 saturated heterocycles. The van der Waals surface area contributed by atoms with E-state index in [1.165, 1.54) is 0 Å². The molecular formula is C13H23NO4S. The van der Waals surface area contributed by atoms with Crippen LogP contribution < -0.4 is 5.32 Å². The summed E-state index contributed by atoms with van der Waals surface area (Å²) in [6, 6.07) is 0. The third-order valence-electron chi connectivity index (χ3n) is 3.44.